The number of hydrogen-bond donors (Lipinski definition) is 2. The van der Waals surface area contributed by atoms with Gasteiger partial charge in [-0.2, -0.15) is 0 Å². The maximum Gasteiger partial charge on any atom is 0.338 e. The van der Waals surface area contributed by atoms with Crippen LogP contribution in [0.4, 0.5) is 8.78 Å². The zero-order valence-corrected chi connectivity index (χ0v) is 15.5. The summed E-state index contributed by atoms with van der Waals surface area (Å²) in [6.07, 6.45) is 0. The molecular formula is C20H23F2NO3. The molecule has 0 aromatic heterocycles. The highest BCUT2D eigenvalue weighted by Gasteiger charge is 2.18. The van der Waals surface area contributed by atoms with Crippen molar-refractivity contribution in [2.75, 3.05) is 0 Å². The van der Waals surface area contributed by atoms with Crippen molar-refractivity contribution < 1.29 is 23.5 Å². The van der Waals surface area contributed by atoms with Crippen LogP contribution in [0.5, 0.6) is 0 Å². The van der Waals surface area contributed by atoms with Crippen LogP contribution in [-0.4, -0.2) is 22.5 Å². The molecule has 6 heteroatoms. The summed E-state index contributed by atoms with van der Waals surface area (Å²) in [7, 11) is 0. The largest absolute Gasteiger partial charge is 0.478 e. The molecular weight excluding hydrogens is 340 g/mol. The van der Waals surface area contributed by atoms with Crippen LogP contribution in [0.2, 0.25) is 0 Å². The summed E-state index contributed by atoms with van der Waals surface area (Å²) in [6.45, 7) is 8.75. The second kappa shape index (κ2) is 8.56. The van der Waals surface area contributed by atoms with Crippen molar-refractivity contribution in [3.8, 4) is 0 Å². The highest BCUT2D eigenvalue weighted by atomic mass is 19.1. The van der Waals surface area contributed by atoms with Crippen LogP contribution in [-0.2, 0) is 0 Å². The molecule has 0 aliphatic carbocycles. The van der Waals surface area contributed by atoms with E-state index in [1.165, 1.54) is 31.2 Å². The Morgan fingerprint density at radius 1 is 0.885 bits per heavy atom. The van der Waals surface area contributed by atoms with E-state index in [1.807, 2.05) is 20.8 Å². The highest BCUT2D eigenvalue weighted by Crippen LogP contribution is 2.13. The minimum Gasteiger partial charge on any atom is -0.478 e. The molecule has 0 bridgehead atoms. The van der Waals surface area contributed by atoms with Gasteiger partial charge in [-0.1, -0.05) is 24.3 Å². The number of carboxylic acids is 1. The fraction of sp³-hybridized carbons (Fsp3) is 0.300. The molecule has 0 aliphatic rings. The van der Waals surface area contributed by atoms with Gasteiger partial charge in [0.05, 0.1) is 11.1 Å². The monoisotopic (exact) mass is 363 g/mol. The van der Waals surface area contributed by atoms with Gasteiger partial charge in [0.25, 0.3) is 5.91 Å². The molecule has 0 aliphatic heterocycles. The van der Waals surface area contributed by atoms with Crippen molar-refractivity contribution in [2.45, 2.75) is 40.2 Å². The Bertz CT molecular complexity index is 811. The second-order valence-electron chi connectivity index (χ2n) is 6.88. The number of carbonyl (C=O) groups is 2. The van der Waals surface area contributed by atoms with E-state index in [-0.39, 0.29) is 22.6 Å². The molecule has 0 saturated heterocycles. The zero-order valence-electron chi connectivity index (χ0n) is 15.5. The zero-order chi connectivity index (χ0) is 20.1. The van der Waals surface area contributed by atoms with Crippen LogP contribution in [0.15, 0.2) is 36.4 Å². The summed E-state index contributed by atoms with van der Waals surface area (Å²) in [4.78, 5) is 22.0. The first kappa shape index (κ1) is 21.3. The lowest BCUT2D eigenvalue weighted by molar-refractivity contribution is 0.0691. The molecule has 0 unspecified atom stereocenters. The van der Waals surface area contributed by atoms with E-state index >= 15 is 0 Å². The number of carboxylic acid groups (broad SMARTS) is 1. The lowest BCUT2D eigenvalue weighted by Gasteiger charge is -2.20. The third kappa shape index (κ3) is 5.95. The molecule has 2 N–H and O–H groups in total. The van der Waals surface area contributed by atoms with E-state index in [4.69, 9.17) is 5.11 Å². The maximum absolute atomic E-state index is 13.6. The van der Waals surface area contributed by atoms with Gasteiger partial charge in [-0.3, -0.25) is 4.79 Å². The van der Waals surface area contributed by atoms with Crippen LogP contribution in [0.1, 0.15) is 52.6 Å². The van der Waals surface area contributed by atoms with Gasteiger partial charge in [0.15, 0.2) is 0 Å². The first-order chi connectivity index (χ1) is 11.9. The smallest absolute Gasteiger partial charge is 0.338 e. The first-order valence-electron chi connectivity index (χ1n) is 8.00. The number of benzene rings is 2. The number of nitrogens with one attached hydrogen (secondary N) is 1. The maximum atomic E-state index is 13.6. The SMILES string of the molecule is Cc1cccc(C(=O)NC(C)(C)C)c1F.Cc1cccc(C(=O)O)c1F. The molecule has 0 saturated carbocycles. The van der Waals surface area contributed by atoms with Gasteiger partial charge < -0.3 is 10.4 Å². The number of rotatable bonds is 2. The van der Waals surface area contributed by atoms with E-state index in [0.717, 1.165) is 0 Å². The van der Waals surface area contributed by atoms with Gasteiger partial charge in [-0.25, -0.2) is 13.6 Å². The molecule has 0 heterocycles. The standard InChI is InChI=1S/C12H16FNO.C8H7FO2/c1-8-6-5-7-9(10(8)13)11(15)14-12(2,3)4;1-5-3-2-4-6(7(5)9)8(10)11/h5-7H,1-4H3,(H,14,15);2-4H,1H3,(H,10,11). The minimum atomic E-state index is -1.23. The third-order valence-electron chi connectivity index (χ3n) is 3.35. The quantitative estimate of drug-likeness (QED) is 0.826. The van der Waals surface area contributed by atoms with Crippen molar-refractivity contribution in [1.29, 1.82) is 0 Å². The molecule has 1 amide bonds. The fourth-order valence-corrected chi connectivity index (χ4v) is 2.04. The van der Waals surface area contributed by atoms with Gasteiger partial charge in [0, 0.05) is 5.54 Å². The average Bonchev–Trinajstić information content (AvgIpc) is 2.51. The molecule has 0 fully saturated rings. The molecule has 2 aromatic rings. The number of carbonyl (C=O) groups excluding carboxylic acids is 1. The van der Waals surface area contributed by atoms with Gasteiger partial charge in [0.1, 0.15) is 11.6 Å². The molecule has 2 rings (SSSR count). The fourth-order valence-electron chi connectivity index (χ4n) is 2.04. The van der Waals surface area contributed by atoms with Crippen LogP contribution in [0.3, 0.4) is 0 Å². The Hall–Kier alpha value is -2.76. The third-order valence-corrected chi connectivity index (χ3v) is 3.35. The number of aromatic carboxylic acids is 1. The minimum absolute atomic E-state index is 0.102. The van der Waals surface area contributed by atoms with E-state index in [1.54, 1.807) is 19.1 Å². The molecule has 26 heavy (non-hydrogen) atoms. The van der Waals surface area contributed by atoms with E-state index < -0.39 is 17.6 Å². The Morgan fingerprint density at radius 3 is 1.69 bits per heavy atom. The predicted molar refractivity (Wildman–Crippen MR) is 96.5 cm³/mol. The molecule has 0 spiro atoms. The van der Waals surface area contributed by atoms with Crippen molar-refractivity contribution in [2.24, 2.45) is 0 Å². The number of amides is 1. The van der Waals surface area contributed by atoms with Crippen molar-refractivity contribution in [3.63, 3.8) is 0 Å². The Labute approximate surface area is 151 Å². The van der Waals surface area contributed by atoms with Gasteiger partial charge >= 0.3 is 5.97 Å². The Kier molecular flexibility index (Phi) is 7.01. The number of hydrogen-bond acceptors (Lipinski definition) is 2. The normalized spacial score (nSPS) is 10.6. The lowest BCUT2D eigenvalue weighted by Crippen LogP contribution is -2.41. The van der Waals surface area contributed by atoms with Crippen LogP contribution < -0.4 is 5.32 Å². The highest BCUT2D eigenvalue weighted by molar-refractivity contribution is 5.95. The average molecular weight is 363 g/mol. The van der Waals surface area contributed by atoms with Gasteiger partial charge in [-0.05, 0) is 57.9 Å². The summed E-state index contributed by atoms with van der Waals surface area (Å²) in [5, 5.41) is 11.2. The van der Waals surface area contributed by atoms with Gasteiger partial charge in [-0.15, -0.1) is 0 Å². The molecule has 0 atom stereocenters. The topological polar surface area (TPSA) is 66.4 Å². The second-order valence-corrected chi connectivity index (χ2v) is 6.88. The van der Waals surface area contributed by atoms with Crippen molar-refractivity contribution in [1.82, 2.24) is 5.32 Å². The van der Waals surface area contributed by atoms with Crippen molar-refractivity contribution >= 4 is 11.9 Å². The first-order valence-corrected chi connectivity index (χ1v) is 8.00. The van der Waals surface area contributed by atoms with E-state index in [2.05, 4.69) is 5.32 Å². The summed E-state index contributed by atoms with van der Waals surface area (Å²) in [5.41, 5.74) is 0.309. The van der Waals surface area contributed by atoms with E-state index in [9.17, 15) is 18.4 Å². The predicted octanol–water partition coefficient (Wildman–Crippen LogP) is 4.49. The molecule has 0 radical (unpaired) electrons. The number of aryl methyl sites for hydroxylation is 2. The molecule has 140 valence electrons. The van der Waals surface area contributed by atoms with Gasteiger partial charge in [0.2, 0.25) is 0 Å². The Balaban J connectivity index is 0.000000273. The summed E-state index contributed by atoms with van der Waals surface area (Å²) >= 11 is 0. The summed E-state index contributed by atoms with van der Waals surface area (Å²) in [6, 6.07) is 9.09. The number of halogens is 2. The van der Waals surface area contributed by atoms with Crippen LogP contribution in [0.25, 0.3) is 0 Å². The lowest BCUT2D eigenvalue weighted by atomic mass is 10.1. The Morgan fingerprint density at radius 2 is 1.31 bits per heavy atom. The van der Waals surface area contributed by atoms with E-state index in [0.29, 0.717) is 11.1 Å². The summed E-state index contributed by atoms with van der Waals surface area (Å²) in [5.74, 6) is -2.70. The van der Waals surface area contributed by atoms with Crippen LogP contribution in [0, 0.1) is 25.5 Å². The van der Waals surface area contributed by atoms with Crippen LogP contribution >= 0.6 is 0 Å². The molecule has 2 aromatic carbocycles. The molecule has 4 nitrogen and oxygen atoms in total. The van der Waals surface area contributed by atoms with Crippen molar-refractivity contribution in [3.05, 3.63) is 70.3 Å². The summed E-state index contributed by atoms with van der Waals surface area (Å²) < 4.78 is 26.4.